The molecular formula is C26H22O2. The lowest BCUT2D eigenvalue weighted by Gasteiger charge is -2.22. The molecule has 1 aliphatic rings. The molecule has 4 aromatic rings. The van der Waals surface area contributed by atoms with E-state index in [1.54, 1.807) is 7.11 Å². The molecule has 0 fully saturated rings. The van der Waals surface area contributed by atoms with Crippen LogP contribution >= 0.6 is 0 Å². The van der Waals surface area contributed by atoms with E-state index in [2.05, 4.69) is 50.2 Å². The fourth-order valence-electron chi connectivity index (χ4n) is 4.53. The van der Waals surface area contributed by atoms with Crippen LogP contribution in [-0.2, 0) is 5.41 Å². The number of benzene rings is 4. The molecule has 0 aromatic heterocycles. The average molecular weight is 366 g/mol. The highest BCUT2D eigenvalue weighted by Gasteiger charge is 2.37. The van der Waals surface area contributed by atoms with E-state index in [-0.39, 0.29) is 5.41 Å². The van der Waals surface area contributed by atoms with E-state index in [0.29, 0.717) is 5.75 Å². The SMILES string of the molecule is COc1ccc(-c2ccc3c(c2)C(C)(C)c2cc(O)c4ccccc4c2-3)cc1. The Hall–Kier alpha value is -3.26. The Labute approximate surface area is 165 Å². The van der Waals surface area contributed by atoms with Gasteiger partial charge >= 0.3 is 0 Å². The van der Waals surface area contributed by atoms with Gasteiger partial charge in [0.2, 0.25) is 0 Å². The normalized spacial score (nSPS) is 14.0. The van der Waals surface area contributed by atoms with Gasteiger partial charge in [0, 0.05) is 10.8 Å². The Kier molecular flexibility index (Phi) is 3.54. The van der Waals surface area contributed by atoms with Crippen LogP contribution in [-0.4, -0.2) is 12.2 Å². The number of phenols is 1. The van der Waals surface area contributed by atoms with Crippen LogP contribution in [0.5, 0.6) is 11.5 Å². The monoisotopic (exact) mass is 366 g/mol. The standard InChI is InChI=1S/C26H22O2/c1-26(2)22-14-17(16-8-11-18(28-3)12-9-16)10-13-21(22)25-20-7-5-4-6-19(20)24(27)15-23(25)26/h4-15,27H,1-3H3. The Morgan fingerprint density at radius 2 is 1.43 bits per heavy atom. The first kappa shape index (κ1) is 16.9. The van der Waals surface area contributed by atoms with E-state index in [0.717, 1.165) is 16.5 Å². The fourth-order valence-corrected chi connectivity index (χ4v) is 4.53. The van der Waals surface area contributed by atoms with Gasteiger partial charge in [0.25, 0.3) is 0 Å². The Morgan fingerprint density at radius 3 is 2.14 bits per heavy atom. The molecule has 138 valence electrons. The van der Waals surface area contributed by atoms with E-state index < -0.39 is 0 Å². The van der Waals surface area contributed by atoms with Crippen LogP contribution in [0.2, 0.25) is 0 Å². The molecule has 1 N–H and O–H groups in total. The van der Waals surface area contributed by atoms with Gasteiger partial charge in [-0.3, -0.25) is 0 Å². The highest BCUT2D eigenvalue weighted by molar-refractivity contribution is 6.05. The largest absolute Gasteiger partial charge is 0.507 e. The summed E-state index contributed by atoms with van der Waals surface area (Å²) in [6.07, 6.45) is 0. The van der Waals surface area contributed by atoms with Crippen molar-refractivity contribution in [1.29, 1.82) is 0 Å². The predicted octanol–water partition coefficient (Wildman–Crippen LogP) is 6.53. The van der Waals surface area contributed by atoms with Crippen LogP contribution in [0.1, 0.15) is 25.0 Å². The number of hydrogen-bond donors (Lipinski definition) is 1. The zero-order valence-electron chi connectivity index (χ0n) is 16.3. The van der Waals surface area contributed by atoms with E-state index >= 15 is 0 Å². The van der Waals surface area contributed by atoms with Crippen LogP contribution in [0, 0.1) is 0 Å². The third-order valence-corrected chi connectivity index (χ3v) is 6.08. The van der Waals surface area contributed by atoms with E-state index in [4.69, 9.17) is 4.74 Å². The third-order valence-electron chi connectivity index (χ3n) is 6.08. The summed E-state index contributed by atoms with van der Waals surface area (Å²) < 4.78 is 5.28. The van der Waals surface area contributed by atoms with Gasteiger partial charge in [-0.2, -0.15) is 0 Å². The number of rotatable bonds is 2. The lowest BCUT2D eigenvalue weighted by atomic mass is 9.81. The predicted molar refractivity (Wildman–Crippen MR) is 115 cm³/mol. The summed E-state index contributed by atoms with van der Waals surface area (Å²) in [4.78, 5) is 0. The first-order valence-corrected chi connectivity index (χ1v) is 9.55. The second kappa shape index (κ2) is 5.87. The molecule has 0 saturated carbocycles. The molecule has 0 unspecified atom stereocenters. The number of aromatic hydroxyl groups is 1. The quantitative estimate of drug-likeness (QED) is 0.437. The van der Waals surface area contributed by atoms with Crippen LogP contribution in [0.25, 0.3) is 33.0 Å². The van der Waals surface area contributed by atoms with Gasteiger partial charge in [-0.15, -0.1) is 0 Å². The van der Waals surface area contributed by atoms with Crippen molar-refractivity contribution in [1.82, 2.24) is 0 Å². The summed E-state index contributed by atoms with van der Waals surface area (Å²) in [5.74, 6) is 1.21. The molecule has 28 heavy (non-hydrogen) atoms. The fraction of sp³-hybridized carbons (Fsp3) is 0.154. The summed E-state index contributed by atoms with van der Waals surface area (Å²) in [5.41, 5.74) is 7.17. The van der Waals surface area contributed by atoms with Crippen molar-refractivity contribution in [3.8, 4) is 33.8 Å². The minimum atomic E-state index is -0.172. The highest BCUT2D eigenvalue weighted by atomic mass is 16.5. The lowest BCUT2D eigenvalue weighted by molar-refractivity contribution is 0.415. The van der Waals surface area contributed by atoms with Gasteiger partial charge in [0.05, 0.1) is 7.11 Å². The zero-order valence-corrected chi connectivity index (χ0v) is 16.3. The topological polar surface area (TPSA) is 29.5 Å². The third kappa shape index (κ3) is 2.27. The van der Waals surface area contributed by atoms with Gasteiger partial charge < -0.3 is 9.84 Å². The lowest BCUT2D eigenvalue weighted by Crippen LogP contribution is -2.15. The van der Waals surface area contributed by atoms with Gasteiger partial charge in [0.15, 0.2) is 0 Å². The van der Waals surface area contributed by atoms with E-state index in [1.807, 2.05) is 36.4 Å². The second-order valence-electron chi connectivity index (χ2n) is 7.98. The first-order chi connectivity index (χ1) is 13.5. The van der Waals surface area contributed by atoms with E-state index in [9.17, 15) is 5.11 Å². The molecule has 0 atom stereocenters. The zero-order chi connectivity index (χ0) is 19.5. The maximum Gasteiger partial charge on any atom is 0.123 e. The van der Waals surface area contributed by atoms with Gasteiger partial charge in [-0.25, -0.2) is 0 Å². The summed E-state index contributed by atoms with van der Waals surface area (Å²) in [6.45, 7) is 4.48. The highest BCUT2D eigenvalue weighted by Crippen LogP contribution is 2.53. The summed E-state index contributed by atoms with van der Waals surface area (Å²) in [7, 11) is 1.68. The molecule has 0 saturated heterocycles. The minimum Gasteiger partial charge on any atom is -0.507 e. The minimum absolute atomic E-state index is 0.172. The molecule has 2 nitrogen and oxygen atoms in total. The molecule has 0 aliphatic heterocycles. The van der Waals surface area contributed by atoms with Crippen molar-refractivity contribution < 1.29 is 9.84 Å². The van der Waals surface area contributed by atoms with Crippen LogP contribution in [0.15, 0.2) is 72.8 Å². The van der Waals surface area contributed by atoms with Crippen molar-refractivity contribution in [2.75, 3.05) is 7.11 Å². The van der Waals surface area contributed by atoms with Crippen LogP contribution < -0.4 is 4.74 Å². The first-order valence-electron chi connectivity index (χ1n) is 9.55. The molecule has 5 rings (SSSR count). The van der Waals surface area contributed by atoms with Gasteiger partial charge in [-0.1, -0.05) is 62.4 Å². The number of fused-ring (bicyclic) bond motifs is 5. The van der Waals surface area contributed by atoms with Crippen LogP contribution in [0.4, 0.5) is 0 Å². The summed E-state index contributed by atoms with van der Waals surface area (Å²) in [5, 5.41) is 12.6. The number of hydrogen-bond acceptors (Lipinski definition) is 2. The Balaban J connectivity index is 1.74. The van der Waals surface area contributed by atoms with Crippen molar-refractivity contribution in [3.05, 3.63) is 83.9 Å². The van der Waals surface area contributed by atoms with Crippen molar-refractivity contribution in [2.24, 2.45) is 0 Å². The van der Waals surface area contributed by atoms with Crippen LogP contribution in [0.3, 0.4) is 0 Å². The number of ether oxygens (including phenoxy) is 1. The molecule has 0 amide bonds. The molecule has 0 heterocycles. The van der Waals surface area contributed by atoms with Crippen molar-refractivity contribution >= 4 is 10.8 Å². The van der Waals surface area contributed by atoms with Crippen molar-refractivity contribution in [2.45, 2.75) is 19.3 Å². The smallest absolute Gasteiger partial charge is 0.123 e. The molecule has 0 bridgehead atoms. The molecule has 0 spiro atoms. The maximum absolute atomic E-state index is 10.6. The number of methoxy groups -OCH3 is 1. The Morgan fingerprint density at radius 1 is 0.750 bits per heavy atom. The Bertz CT molecular complexity index is 1220. The molecule has 0 radical (unpaired) electrons. The molecule has 2 heteroatoms. The van der Waals surface area contributed by atoms with E-state index in [1.165, 1.54) is 33.4 Å². The van der Waals surface area contributed by atoms with Gasteiger partial charge in [0.1, 0.15) is 11.5 Å². The summed E-state index contributed by atoms with van der Waals surface area (Å²) >= 11 is 0. The van der Waals surface area contributed by atoms with Crippen molar-refractivity contribution in [3.63, 3.8) is 0 Å². The maximum atomic E-state index is 10.6. The second-order valence-corrected chi connectivity index (χ2v) is 7.98. The molecule has 4 aromatic carbocycles. The number of phenolic OH excluding ortho intramolecular Hbond substituents is 1. The molecular weight excluding hydrogens is 344 g/mol. The summed E-state index contributed by atoms with van der Waals surface area (Å²) in [6, 6.07) is 24.9. The van der Waals surface area contributed by atoms with Gasteiger partial charge in [-0.05, 0) is 63.0 Å². The average Bonchev–Trinajstić information content (AvgIpc) is 2.95. The molecule has 1 aliphatic carbocycles.